The van der Waals surface area contributed by atoms with Gasteiger partial charge in [0, 0.05) is 39.7 Å². The molecule has 6 nitrogen and oxygen atoms in total. The molecule has 4 aromatic rings. The van der Waals surface area contributed by atoms with Crippen LogP contribution in [-0.4, -0.2) is 22.1 Å². The molecule has 0 saturated heterocycles. The largest absolute Gasteiger partial charge is 0.341 e. The number of amides is 2. The number of halogens is 1. The average Bonchev–Trinajstić information content (AvgIpc) is 3.10. The van der Waals surface area contributed by atoms with Gasteiger partial charge in [0.1, 0.15) is 5.82 Å². The van der Waals surface area contributed by atoms with Crippen molar-refractivity contribution in [3.05, 3.63) is 78.1 Å². The van der Waals surface area contributed by atoms with Crippen molar-refractivity contribution in [3.8, 4) is 0 Å². The second kappa shape index (κ2) is 9.01. The first kappa shape index (κ1) is 21.2. The summed E-state index contributed by atoms with van der Waals surface area (Å²) in [6, 6.07) is 19.7. The maximum absolute atomic E-state index is 13.7. The maximum Gasteiger partial charge on any atom is 0.274 e. The van der Waals surface area contributed by atoms with Gasteiger partial charge < -0.3 is 9.88 Å². The Morgan fingerprint density at radius 3 is 2.47 bits per heavy atom. The molecule has 0 aliphatic carbocycles. The first-order valence-electron chi connectivity index (χ1n) is 10.4. The highest BCUT2D eigenvalue weighted by Crippen LogP contribution is 2.31. The lowest BCUT2D eigenvalue weighted by molar-refractivity contribution is -0.115. The quantitative estimate of drug-likeness (QED) is 0.330. The van der Waals surface area contributed by atoms with Crippen LogP contribution in [0.15, 0.2) is 71.8 Å². The van der Waals surface area contributed by atoms with Gasteiger partial charge in [0.25, 0.3) is 5.91 Å². The van der Waals surface area contributed by atoms with Gasteiger partial charge in [0.2, 0.25) is 5.91 Å². The number of benzene rings is 3. The van der Waals surface area contributed by atoms with Crippen LogP contribution in [0.25, 0.3) is 21.8 Å². The van der Waals surface area contributed by atoms with Gasteiger partial charge in [0.15, 0.2) is 0 Å². The zero-order chi connectivity index (χ0) is 22.7. The van der Waals surface area contributed by atoms with Crippen LogP contribution < -0.4 is 10.7 Å². The molecular weight excluding hydrogens is 407 g/mol. The van der Waals surface area contributed by atoms with E-state index in [2.05, 4.69) is 39.5 Å². The topological polar surface area (TPSA) is 75.5 Å². The number of hydrogen-bond donors (Lipinski definition) is 2. The molecule has 7 heteroatoms. The van der Waals surface area contributed by atoms with Crippen LogP contribution in [0, 0.1) is 5.82 Å². The van der Waals surface area contributed by atoms with Crippen molar-refractivity contribution < 1.29 is 14.0 Å². The summed E-state index contributed by atoms with van der Waals surface area (Å²) >= 11 is 0. The third-order valence-corrected chi connectivity index (χ3v) is 5.26. The van der Waals surface area contributed by atoms with E-state index in [-0.39, 0.29) is 17.9 Å². The molecule has 0 atom stereocenters. The number of fused-ring (bicyclic) bond motifs is 3. The zero-order valence-corrected chi connectivity index (χ0v) is 17.9. The molecule has 4 rings (SSSR count). The summed E-state index contributed by atoms with van der Waals surface area (Å²) < 4.78 is 15.9. The highest BCUT2D eigenvalue weighted by Gasteiger charge is 2.12. The molecule has 0 fully saturated rings. The maximum atomic E-state index is 13.7. The third-order valence-electron chi connectivity index (χ3n) is 5.26. The molecule has 1 aromatic heterocycles. The van der Waals surface area contributed by atoms with Crippen LogP contribution in [0.3, 0.4) is 0 Å². The first-order valence-corrected chi connectivity index (χ1v) is 10.4. The Morgan fingerprint density at radius 2 is 1.69 bits per heavy atom. The molecule has 162 valence electrons. The fourth-order valence-corrected chi connectivity index (χ4v) is 3.80. The Kier molecular flexibility index (Phi) is 5.98. The standard InChI is InChI=1S/C25H23FN4O2/c1-3-30-22-11-7-5-8-18(22)20-15-17(12-13-23(20)30)27-24(31)14-16(2)28-29-25(32)19-9-4-6-10-21(19)26/h4-13,15H,3,14H2,1-2H3,(H,27,31)(H,29,32)/b28-16+. The lowest BCUT2D eigenvalue weighted by atomic mass is 10.1. The molecule has 3 aromatic carbocycles. The minimum absolute atomic E-state index is 0.00763. The normalized spacial score (nSPS) is 11.7. The monoisotopic (exact) mass is 430 g/mol. The fourth-order valence-electron chi connectivity index (χ4n) is 3.80. The number of rotatable bonds is 6. The Balaban J connectivity index is 1.45. The predicted octanol–water partition coefficient (Wildman–Crippen LogP) is 5.09. The van der Waals surface area contributed by atoms with Crippen LogP contribution in [-0.2, 0) is 11.3 Å². The van der Waals surface area contributed by atoms with Crippen LogP contribution in [0.5, 0.6) is 0 Å². The molecular formula is C25H23FN4O2. The van der Waals surface area contributed by atoms with Crippen molar-refractivity contribution in [1.82, 2.24) is 9.99 Å². The van der Waals surface area contributed by atoms with E-state index in [1.165, 1.54) is 18.2 Å². The highest BCUT2D eigenvalue weighted by atomic mass is 19.1. The molecule has 0 radical (unpaired) electrons. The third kappa shape index (κ3) is 4.23. The zero-order valence-electron chi connectivity index (χ0n) is 17.9. The Bertz CT molecular complexity index is 1360. The second-order valence-electron chi connectivity index (χ2n) is 7.49. The van der Waals surface area contributed by atoms with E-state index in [1.807, 2.05) is 30.3 Å². The van der Waals surface area contributed by atoms with Crippen molar-refractivity contribution in [3.63, 3.8) is 0 Å². The van der Waals surface area contributed by atoms with Gasteiger partial charge in [-0.25, -0.2) is 9.82 Å². The predicted molar refractivity (Wildman–Crippen MR) is 125 cm³/mol. The number of aryl methyl sites for hydroxylation is 1. The van der Waals surface area contributed by atoms with Crippen LogP contribution >= 0.6 is 0 Å². The average molecular weight is 430 g/mol. The highest BCUT2D eigenvalue weighted by molar-refractivity contribution is 6.11. The first-order chi connectivity index (χ1) is 15.5. The van der Waals surface area contributed by atoms with Gasteiger partial charge in [0.05, 0.1) is 12.0 Å². The van der Waals surface area contributed by atoms with Gasteiger partial charge in [-0.05, 0) is 50.2 Å². The molecule has 1 heterocycles. The van der Waals surface area contributed by atoms with Gasteiger partial charge in [-0.2, -0.15) is 5.10 Å². The van der Waals surface area contributed by atoms with Crippen molar-refractivity contribution in [1.29, 1.82) is 0 Å². The van der Waals surface area contributed by atoms with Crippen molar-refractivity contribution >= 4 is 45.0 Å². The molecule has 0 bridgehead atoms. The summed E-state index contributed by atoms with van der Waals surface area (Å²) in [5.41, 5.74) is 5.53. The number of aromatic nitrogens is 1. The van der Waals surface area contributed by atoms with Crippen LogP contribution in [0.4, 0.5) is 10.1 Å². The lowest BCUT2D eigenvalue weighted by Gasteiger charge is -2.07. The molecule has 2 amide bonds. The number of anilines is 1. The SMILES string of the molecule is CCn1c2ccccc2c2cc(NC(=O)C/C(C)=N/NC(=O)c3ccccc3F)ccc21. The van der Waals surface area contributed by atoms with E-state index in [1.54, 1.807) is 13.0 Å². The fraction of sp³-hybridized carbons (Fsp3) is 0.160. The number of carbonyl (C=O) groups is 2. The van der Waals surface area contributed by atoms with Crippen LogP contribution in [0.1, 0.15) is 30.6 Å². The lowest BCUT2D eigenvalue weighted by Crippen LogP contribution is -2.22. The van der Waals surface area contributed by atoms with Crippen molar-refractivity contribution in [2.75, 3.05) is 5.32 Å². The smallest absolute Gasteiger partial charge is 0.274 e. The second-order valence-corrected chi connectivity index (χ2v) is 7.49. The van der Waals surface area contributed by atoms with E-state index in [0.717, 1.165) is 28.4 Å². The number of hydrazone groups is 1. The molecule has 32 heavy (non-hydrogen) atoms. The summed E-state index contributed by atoms with van der Waals surface area (Å²) in [5, 5.41) is 9.00. The number of hydrogen-bond acceptors (Lipinski definition) is 3. The summed E-state index contributed by atoms with van der Waals surface area (Å²) in [6.45, 7) is 4.58. The molecule has 0 saturated carbocycles. The molecule has 0 aliphatic heterocycles. The van der Waals surface area contributed by atoms with E-state index >= 15 is 0 Å². The number of nitrogens with one attached hydrogen (secondary N) is 2. The Hall–Kier alpha value is -4.00. The van der Waals surface area contributed by atoms with Gasteiger partial charge in [-0.3, -0.25) is 9.59 Å². The van der Waals surface area contributed by atoms with Crippen molar-refractivity contribution in [2.45, 2.75) is 26.8 Å². The van der Waals surface area contributed by atoms with Crippen LogP contribution in [0.2, 0.25) is 0 Å². The number of para-hydroxylation sites is 1. The number of nitrogens with zero attached hydrogens (tertiary/aromatic N) is 2. The summed E-state index contributed by atoms with van der Waals surface area (Å²) in [7, 11) is 0. The number of carbonyl (C=O) groups excluding carboxylic acids is 2. The molecule has 0 unspecified atom stereocenters. The van der Waals surface area contributed by atoms with E-state index in [0.29, 0.717) is 11.4 Å². The van der Waals surface area contributed by atoms with E-state index in [9.17, 15) is 14.0 Å². The van der Waals surface area contributed by atoms with Gasteiger partial charge >= 0.3 is 0 Å². The Morgan fingerprint density at radius 1 is 0.969 bits per heavy atom. The van der Waals surface area contributed by atoms with E-state index in [4.69, 9.17) is 0 Å². The molecule has 0 aliphatic rings. The summed E-state index contributed by atoms with van der Waals surface area (Å²) in [6.07, 6.45) is -0.00763. The minimum atomic E-state index is -0.666. The molecule has 0 spiro atoms. The van der Waals surface area contributed by atoms with Gasteiger partial charge in [-0.1, -0.05) is 30.3 Å². The summed E-state index contributed by atoms with van der Waals surface area (Å²) in [4.78, 5) is 24.5. The molecule has 2 N–H and O–H groups in total. The van der Waals surface area contributed by atoms with Gasteiger partial charge in [-0.15, -0.1) is 0 Å². The Labute approximate surface area is 184 Å². The minimum Gasteiger partial charge on any atom is -0.341 e. The summed E-state index contributed by atoms with van der Waals surface area (Å²) in [5.74, 6) is -1.55. The van der Waals surface area contributed by atoms with Crippen molar-refractivity contribution in [2.24, 2.45) is 5.10 Å². The van der Waals surface area contributed by atoms with E-state index < -0.39 is 11.7 Å².